The minimum absolute atomic E-state index is 0.0893. The van der Waals surface area contributed by atoms with E-state index in [0.717, 1.165) is 17.1 Å². The van der Waals surface area contributed by atoms with Crippen molar-refractivity contribution < 1.29 is 0 Å². The second kappa shape index (κ2) is 14.1. The summed E-state index contributed by atoms with van der Waals surface area (Å²) in [6, 6.07) is 78.1. The average molecular weight is 772 g/mol. The normalized spacial score (nSPS) is 12.7. The monoisotopic (exact) mass is 771 g/mol. The van der Waals surface area contributed by atoms with Crippen molar-refractivity contribution in [3.8, 4) is 55.6 Å². The zero-order valence-corrected chi connectivity index (χ0v) is 33.9. The van der Waals surface area contributed by atoms with E-state index in [1.165, 1.54) is 86.9 Å². The molecule has 1 aliphatic rings. The van der Waals surface area contributed by atoms with E-state index < -0.39 is 0 Å². The van der Waals surface area contributed by atoms with E-state index in [9.17, 15) is 0 Å². The Labute approximate surface area is 350 Å². The molecule has 0 N–H and O–H groups in total. The average Bonchev–Trinajstić information content (AvgIpc) is 3.78. The summed E-state index contributed by atoms with van der Waals surface area (Å²) < 4.78 is 2.65. The lowest BCUT2D eigenvalue weighted by Crippen LogP contribution is -2.15. The van der Waals surface area contributed by atoms with E-state index in [1.807, 2.05) is 11.3 Å². The number of anilines is 3. The van der Waals surface area contributed by atoms with Crippen LogP contribution in [0.1, 0.15) is 25.0 Å². The number of hydrogen-bond acceptors (Lipinski definition) is 2. The molecule has 2 heteroatoms. The van der Waals surface area contributed by atoms with Gasteiger partial charge in [-0.15, -0.1) is 11.3 Å². The molecule has 1 aliphatic carbocycles. The first-order valence-corrected chi connectivity index (χ1v) is 21.2. The molecular weight excluding hydrogens is 731 g/mol. The Morgan fingerprint density at radius 3 is 1.56 bits per heavy atom. The fourth-order valence-corrected chi connectivity index (χ4v) is 10.2. The highest BCUT2D eigenvalue weighted by Gasteiger charge is 2.35. The van der Waals surface area contributed by atoms with Gasteiger partial charge in [0.1, 0.15) is 0 Å². The van der Waals surface area contributed by atoms with Crippen LogP contribution < -0.4 is 4.90 Å². The quantitative estimate of drug-likeness (QED) is 0.156. The van der Waals surface area contributed by atoms with Crippen molar-refractivity contribution in [1.29, 1.82) is 0 Å². The van der Waals surface area contributed by atoms with Crippen LogP contribution in [0.15, 0.2) is 212 Å². The second-order valence-corrected chi connectivity index (χ2v) is 17.3. The highest BCUT2D eigenvalue weighted by molar-refractivity contribution is 7.25. The molecule has 0 unspecified atom stereocenters. The SMILES string of the molecule is CC1(C)c2ccc(-c3cccc(N(c4ccc(-c5ccccc5)cc4)c4ccc(-c5ccc6sc7ccccc7c6c5)cc4)c3)cc2-c2ccc(-c3ccccc3)cc21. The zero-order chi connectivity index (χ0) is 39.5. The molecule has 0 amide bonds. The summed E-state index contributed by atoms with van der Waals surface area (Å²) in [7, 11) is 0. The maximum Gasteiger partial charge on any atom is 0.0467 e. The minimum Gasteiger partial charge on any atom is -0.310 e. The lowest BCUT2D eigenvalue weighted by atomic mass is 9.81. The van der Waals surface area contributed by atoms with Crippen molar-refractivity contribution in [3.05, 3.63) is 223 Å². The van der Waals surface area contributed by atoms with Crippen LogP contribution in [0.4, 0.5) is 17.1 Å². The largest absolute Gasteiger partial charge is 0.310 e. The molecule has 1 heterocycles. The number of fused-ring (bicyclic) bond motifs is 6. The molecule has 0 aliphatic heterocycles. The summed E-state index contributed by atoms with van der Waals surface area (Å²) in [4.78, 5) is 2.38. The first-order valence-electron chi connectivity index (χ1n) is 20.4. The lowest BCUT2D eigenvalue weighted by molar-refractivity contribution is 0.660. The summed E-state index contributed by atoms with van der Waals surface area (Å²) in [6.45, 7) is 4.72. The van der Waals surface area contributed by atoms with Gasteiger partial charge in [-0.3, -0.25) is 0 Å². The van der Waals surface area contributed by atoms with E-state index in [2.05, 4.69) is 231 Å². The Balaban J connectivity index is 0.977. The summed E-state index contributed by atoms with van der Waals surface area (Å²) in [6.07, 6.45) is 0. The highest BCUT2D eigenvalue weighted by Crippen LogP contribution is 2.51. The fourth-order valence-electron chi connectivity index (χ4n) is 9.16. The molecule has 0 atom stereocenters. The van der Waals surface area contributed by atoms with E-state index in [-0.39, 0.29) is 5.41 Å². The van der Waals surface area contributed by atoms with Crippen LogP contribution >= 0.6 is 11.3 Å². The highest BCUT2D eigenvalue weighted by atomic mass is 32.1. The summed E-state index contributed by atoms with van der Waals surface area (Å²) in [5.74, 6) is 0. The fraction of sp³-hybridized carbons (Fsp3) is 0.0526. The van der Waals surface area contributed by atoms with Gasteiger partial charge in [-0.05, 0) is 133 Å². The van der Waals surface area contributed by atoms with Crippen LogP contribution in [0.2, 0.25) is 0 Å². The molecule has 0 radical (unpaired) electrons. The van der Waals surface area contributed by atoms with Crippen molar-refractivity contribution >= 4 is 48.6 Å². The standard InChI is InChI=1S/C57H41NS/c1-57(2)53-32-25-44(35-51(53)49-31-24-45(37-54(49)57)39-14-7-4-8-15-39)42-16-11-17-48(34-42)58(46-27-20-40(21-28-46)38-12-5-3-6-13-38)47-29-22-41(23-30-47)43-26-33-56-52(36-43)50-18-9-10-19-55(50)59-56/h3-37H,1-2H3. The van der Waals surface area contributed by atoms with Crippen molar-refractivity contribution in [3.63, 3.8) is 0 Å². The Morgan fingerprint density at radius 2 is 0.831 bits per heavy atom. The van der Waals surface area contributed by atoms with Gasteiger partial charge in [0.2, 0.25) is 0 Å². The molecule has 0 saturated carbocycles. The molecule has 59 heavy (non-hydrogen) atoms. The number of rotatable bonds is 7. The summed E-state index contributed by atoms with van der Waals surface area (Å²) >= 11 is 1.86. The van der Waals surface area contributed by atoms with Crippen LogP contribution in [0.25, 0.3) is 75.8 Å². The maximum atomic E-state index is 2.41. The number of thiophene rings is 1. The third-order valence-electron chi connectivity index (χ3n) is 12.3. The Kier molecular flexibility index (Phi) is 8.43. The van der Waals surface area contributed by atoms with E-state index >= 15 is 0 Å². The molecule has 0 spiro atoms. The Hall–Kier alpha value is -7.00. The molecule has 0 saturated heterocycles. The Morgan fingerprint density at radius 1 is 0.322 bits per heavy atom. The molecule has 0 bridgehead atoms. The lowest BCUT2D eigenvalue weighted by Gasteiger charge is -2.26. The van der Waals surface area contributed by atoms with Gasteiger partial charge in [0.05, 0.1) is 0 Å². The van der Waals surface area contributed by atoms with Gasteiger partial charge in [-0.1, -0.05) is 159 Å². The summed E-state index contributed by atoms with van der Waals surface area (Å²) in [5, 5.41) is 2.64. The van der Waals surface area contributed by atoms with Gasteiger partial charge in [0.15, 0.2) is 0 Å². The van der Waals surface area contributed by atoms with Gasteiger partial charge in [0, 0.05) is 42.6 Å². The van der Waals surface area contributed by atoms with Crippen LogP contribution in [-0.2, 0) is 5.41 Å². The van der Waals surface area contributed by atoms with Crippen molar-refractivity contribution in [2.45, 2.75) is 19.3 Å². The van der Waals surface area contributed by atoms with E-state index in [1.54, 1.807) is 0 Å². The van der Waals surface area contributed by atoms with Crippen molar-refractivity contribution in [2.75, 3.05) is 4.90 Å². The zero-order valence-electron chi connectivity index (χ0n) is 33.1. The maximum absolute atomic E-state index is 2.41. The summed E-state index contributed by atoms with van der Waals surface area (Å²) in [5.41, 5.74) is 18.4. The van der Waals surface area contributed by atoms with Crippen LogP contribution in [0, 0.1) is 0 Å². The first-order chi connectivity index (χ1) is 29.0. The van der Waals surface area contributed by atoms with Crippen LogP contribution in [-0.4, -0.2) is 0 Å². The van der Waals surface area contributed by atoms with Gasteiger partial charge in [-0.2, -0.15) is 0 Å². The van der Waals surface area contributed by atoms with Crippen molar-refractivity contribution in [2.24, 2.45) is 0 Å². The molecule has 11 rings (SSSR count). The Bertz CT molecular complexity index is 3160. The molecule has 0 fully saturated rings. The predicted octanol–water partition coefficient (Wildman–Crippen LogP) is 16.5. The van der Waals surface area contributed by atoms with E-state index in [0.29, 0.717) is 0 Å². The topological polar surface area (TPSA) is 3.24 Å². The van der Waals surface area contributed by atoms with Crippen LogP contribution in [0.3, 0.4) is 0 Å². The molecule has 1 aromatic heterocycles. The van der Waals surface area contributed by atoms with Gasteiger partial charge >= 0.3 is 0 Å². The molecule has 1 nitrogen and oxygen atoms in total. The molecule has 280 valence electrons. The van der Waals surface area contributed by atoms with Gasteiger partial charge in [-0.25, -0.2) is 0 Å². The predicted molar refractivity (Wildman–Crippen MR) is 253 cm³/mol. The van der Waals surface area contributed by atoms with Crippen LogP contribution in [0.5, 0.6) is 0 Å². The second-order valence-electron chi connectivity index (χ2n) is 16.2. The number of hydrogen-bond donors (Lipinski definition) is 0. The van der Waals surface area contributed by atoms with Gasteiger partial charge in [0.25, 0.3) is 0 Å². The number of benzene rings is 9. The molecule has 9 aromatic carbocycles. The van der Waals surface area contributed by atoms with Crippen molar-refractivity contribution in [1.82, 2.24) is 0 Å². The number of nitrogens with zero attached hydrogens (tertiary/aromatic N) is 1. The van der Waals surface area contributed by atoms with E-state index in [4.69, 9.17) is 0 Å². The molecular formula is C57H41NS. The third-order valence-corrected chi connectivity index (χ3v) is 13.4. The first kappa shape index (κ1) is 35.2. The smallest absolute Gasteiger partial charge is 0.0467 e. The third kappa shape index (κ3) is 6.16. The molecule has 10 aromatic rings. The minimum atomic E-state index is -0.0893. The van der Waals surface area contributed by atoms with Gasteiger partial charge < -0.3 is 4.90 Å².